The van der Waals surface area contributed by atoms with Crippen LogP contribution in [0.1, 0.15) is 59.3 Å². The lowest BCUT2D eigenvalue weighted by molar-refractivity contribution is 0.00478. The average Bonchev–Trinajstić information content (AvgIpc) is 2.36. The monoisotopic (exact) mass is 220 g/mol. The van der Waals surface area contributed by atoms with Crippen LogP contribution in [-0.2, 0) is 4.74 Å². The summed E-state index contributed by atoms with van der Waals surface area (Å²) in [7, 11) is 0. The quantitative estimate of drug-likeness (QED) is 0.670. The van der Waals surface area contributed by atoms with Gasteiger partial charge in [-0.15, -0.1) is 0 Å². The molecule has 0 N–H and O–H groups in total. The number of rotatable bonds is 2. The van der Waals surface area contributed by atoms with Crippen LogP contribution in [0.2, 0.25) is 0 Å². The van der Waals surface area contributed by atoms with Crippen molar-refractivity contribution in [2.24, 2.45) is 0 Å². The Hall–Kier alpha value is -0.560. The lowest BCUT2D eigenvalue weighted by atomic mass is 9.80. The molecule has 0 bridgehead atoms. The van der Waals surface area contributed by atoms with Gasteiger partial charge in [-0.05, 0) is 55.7 Å². The van der Waals surface area contributed by atoms with Crippen LogP contribution in [0.3, 0.4) is 0 Å². The van der Waals surface area contributed by atoms with Crippen LogP contribution in [0.5, 0.6) is 0 Å². The largest absolute Gasteiger partial charge is 0.366 e. The van der Waals surface area contributed by atoms with Crippen LogP contribution in [-0.4, -0.2) is 12.2 Å². The van der Waals surface area contributed by atoms with E-state index < -0.39 is 0 Å². The second-order valence-electron chi connectivity index (χ2n) is 4.87. The zero-order valence-electron chi connectivity index (χ0n) is 10.9. The van der Waals surface area contributed by atoms with Crippen molar-refractivity contribution < 1.29 is 4.74 Å². The van der Waals surface area contributed by atoms with Gasteiger partial charge < -0.3 is 4.74 Å². The molecule has 1 fully saturated rings. The van der Waals surface area contributed by atoms with Crippen molar-refractivity contribution >= 4 is 0 Å². The van der Waals surface area contributed by atoms with E-state index in [1.54, 1.807) is 11.1 Å². The van der Waals surface area contributed by atoms with Gasteiger partial charge in [0, 0.05) is 0 Å². The highest BCUT2D eigenvalue weighted by Crippen LogP contribution is 2.40. The van der Waals surface area contributed by atoms with Crippen LogP contribution in [0, 0.1) is 0 Å². The van der Waals surface area contributed by atoms with Crippen molar-refractivity contribution in [3.05, 3.63) is 22.8 Å². The maximum Gasteiger partial charge on any atom is 0.0830 e. The molecule has 0 unspecified atom stereocenters. The van der Waals surface area contributed by atoms with Crippen molar-refractivity contribution in [2.45, 2.75) is 71.5 Å². The molecule has 0 spiro atoms. The fraction of sp³-hybridized carbons (Fsp3) is 0.733. The van der Waals surface area contributed by atoms with E-state index >= 15 is 0 Å². The predicted octanol–water partition coefficient (Wildman–Crippen LogP) is 4.39. The number of hydrogen-bond acceptors (Lipinski definition) is 1. The zero-order valence-corrected chi connectivity index (χ0v) is 10.9. The van der Waals surface area contributed by atoms with Crippen molar-refractivity contribution in [1.82, 2.24) is 0 Å². The van der Waals surface area contributed by atoms with E-state index in [0.29, 0.717) is 12.2 Å². The van der Waals surface area contributed by atoms with Gasteiger partial charge in [0.25, 0.3) is 0 Å². The van der Waals surface area contributed by atoms with E-state index in [4.69, 9.17) is 4.74 Å². The second-order valence-corrected chi connectivity index (χ2v) is 4.87. The Kier molecular flexibility index (Phi) is 3.86. The molecular weight excluding hydrogens is 196 g/mol. The van der Waals surface area contributed by atoms with Crippen LogP contribution in [0.4, 0.5) is 0 Å². The highest BCUT2D eigenvalue weighted by molar-refractivity contribution is 5.42. The molecule has 0 saturated heterocycles. The molecule has 16 heavy (non-hydrogen) atoms. The van der Waals surface area contributed by atoms with Crippen molar-refractivity contribution in [1.29, 1.82) is 0 Å². The number of hydrogen-bond donors (Lipinski definition) is 0. The maximum absolute atomic E-state index is 6.25. The molecule has 0 aromatic carbocycles. The fourth-order valence-electron chi connectivity index (χ4n) is 3.23. The topological polar surface area (TPSA) is 9.23 Å². The molecule has 2 rings (SSSR count). The Morgan fingerprint density at radius 2 is 2.12 bits per heavy atom. The Balaban J connectivity index is 2.37. The molecule has 0 amide bonds. The predicted molar refractivity (Wildman–Crippen MR) is 68.5 cm³/mol. The lowest BCUT2D eigenvalue weighted by Crippen LogP contribution is -2.33. The summed E-state index contributed by atoms with van der Waals surface area (Å²) >= 11 is 0. The summed E-state index contributed by atoms with van der Waals surface area (Å²) < 4.78 is 6.25. The van der Waals surface area contributed by atoms with E-state index in [-0.39, 0.29) is 0 Å². The van der Waals surface area contributed by atoms with Gasteiger partial charge in [0.15, 0.2) is 0 Å². The van der Waals surface area contributed by atoms with E-state index in [1.165, 1.54) is 37.7 Å². The number of fused-ring (bicyclic) bond motifs is 1. The molecule has 0 radical (unpaired) electrons. The Morgan fingerprint density at radius 1 is 1.31 bits per heavy atom. The standard InChI is InChI=1S/C15H24O/c1-4-11-12(5-2)14(6-3)16-15-10-8-7-9-13(11)15/h5,14-15H,4,6-10H2,1-3H3/b12-5+/t14-,15+/m0/s1. The van der Waals surface area contributed by atoms with Gasteiger partial charge in [0.05, 0.1) is 12.2 Å². The molecule has 1 aliphatic carbocycles. The minimum Gasteiger partial charge on any atom is -0.366 e. The number of allylic oxidation sites excluding steroid dienone is 1. The SMILES string of the molecule is C/C=C1\C(CC)=C2CCCC[C@H]2O[C@H]1CC. The van der Waals surface area contributed by atoms with E-state index in [9.17, 15) is 0 Å². The van der Waals surface area contributed by atoms with E-state index in [1.807, 2.05) is 0 Å². The lowest BCUT2D eigenvalue weighted by Gasteiger charge is -2.38. The minimum absolute atomic E-state index is 0.354. The maximum atomic E-state index is 6.25. The van der Waals surface area contributed by atoms with Gasteiger partial charge in [-0.3, -0.25) is 0 Å². The molecular formula is C15H24O. The summed E-state index contributed by atoms with van der Waals surface area (Å²) in [5, 5.41) is 0. The molecule has 2 aliphatic rings. The summed E-state index contributed by atoms with van der Waals surface area (Å²) in [4.78, 5) is 0. The van der Waals surface area contributed by atoms with Crippen LogP contribution in [0.15, 0.2) is 22.8 Å². The molecule has 90 valence electrons. The van der Waals surface area contributed by atoms with Crippen LogP contribution < -0.4 is 0 Å². The highest BCUT2D eigenvalue weighted by Gasteiger charge is 2.32. The van der Waals surface area contributed by atoms with Gasteiger partial charge >= 0.3 is 0 Å². The first-order valence-electron chi connectivity index (χ1n) is 6.85. The van der Waals surface area contributed by atoms with Gasteiger partial charge in [0.2, 0.25) is 0 Å². The summed E-state index contributed by atoms with van der Waals surface area (Å²) in [5.41, 5.74) is 4.70. The van der Waals surface area contributed by atoms with Crippen LogP contribution in [0.25, 0.3) is 0 Å². The molecule has 1 heterocycles. The van der Waals surface area contributed by atoms with Gasteiger partial charge in [-0.25, -0.2) is 0 Å². The molecule has 1 heteroatoms. The smallest absolute Gasteiger partial charge is 0.0830 e. The summed E-state index contributed by atoms with van der Waals surface area (Å²) in [6.07, 6.45) is 10.5. The minimum atomic E-state index is 0.354. The van der Waals surface area contributed by atoms with Crippen molar-refractivity contribution in [3.63, 3.8) is 0 Å². The highest BCUT2D eigenvalue weighted by atomic mass is 16.5. The molecule has 0 aromatic heterocycles. The first kappa shape index (κ1) is 11.9. The summed E-state index contributed by atoms with van der Waals surface area (Å²) in [5.74, 6) is 0. The Labute approximate surface area is 99.6 Å². The second kappa shape index (κ2) is 5.18. The average molecular weight is 220 g/mol. The van der Waals surface area contributed by atoms with E-state index in [2.05, 4.69) is 26.8 Å². The zero-order chi connectivity index (χ0) is 11.5. The third-order valence-electron chi connectivity index (χ3n) is 4.00. The first-order valence-corrected chi connectivity index (χ1v) is 6.85. The third kappa shape index (κ3) is 1.98. The summed E-state index contributed by atoms with van der Waals surface area (Å²) in [6.45, 7) is 6.67. The van der Waals surface area contributed by atoms with E-state index in [0.717, 1.165) is 6.42 Å². The molecule has 2 atom stereocenters. The van der Waals surface area contributed by atoms with Gasteiger partial charge in [-0.1, -0.05) is 26.3 Å². The van der Waals surface area contributed by atoms with Crippen molar-refractivity contribution in [2.75, 3.05) is 0 Å². The van der Waals surface area contributed by atoms with Crippen LogP contribution >= 0.6 is 0 Å². The molecule has 0 aromatic rings. The third-order valence-corrected chi connectivity index (χ3v) is 4.00. The summed E-state index contributed by atoms with van der Waals surface area (Å²) in [6, 6.07) is 0. The van der Waals surface area contributed by atoms with Gasteiger partial charge in [-0.2, -0.15) is 0 Å². The van der Waals surface area contributed by atoms with Gasteiger partial charge in [0.1, 0.15) is 0 Å². The fourth-order valence-corrected chi connectivity index (χ4v) is 3.23. The van der Waals surface area contributed by atoms with Crippen molar-refractivity contribution in [3.8, 4) is 0 Å². The first-order chi connectivity index (χ1) is 7.81. The molecule has 1 nitrogen and oxygen atoms in total. The molecule has 1 aliphatic heterocycles. The number of ether oxygens (including phenoxy) is 1. The Bertz CT molecular complexity index is 311. The molecule has 1 saturated carbocycles. The Morgan fingerprint density at radius 3 is 2.75 bits per heavy atom. The normalized spacial score (nSPS) is 33.1.